The molecule has 4 heteroatoms. The lowest BCUT2D eigenvalue weighted by atomic mass is 10.1. The van der Waals surface area contributed by atoms with Crippen LogP contribution in [0.4, 0.5) is 0 Å². The van der Waals surface area contributed by atoms with Gasteiger partial charge in [0, 0.05) is 16.6 Å². The fraction of sp³-hybridized carbons (Fsp3) is 0.176. The van der Waals surface area contributed by atoms with Gasteiger partial charge in [0.25, 0.3) is 0 Å². The molecule has 0 spiro atoms. The smallest absolute Gasteiger partial charge is 0.170 e. The van der Waals surface area contributed by atoms with E-state index in [-0.39, 0.29) is 5.78 Å². The van der Waals surface area contributed by atoms with E-state index in [4.69, 9.17) is 0 Å². The zero-order valence-electron chi connectivity index (χ0n) is 11.7. The molecule has 0 fully saturated rings. The van der Waals surface area contributed by atoms with Crippen molar-refractivity contribution in [2.45, 2.75) is 19.9 Å². The molecule has 1 heterocycles. The lowest BCUT2D eigenvalue weighted by Crippen LogP contribution is -2.09. The highest BCUT2D eigenvalue weighted by atomic mass is 79.9. The molecular formula is C17H15BrN2O. The molecule has 1 aromatic heterocycles. The molecule has 0 aliphatic rings. The lowest BCUT2D eigenvalue weighted by Gasteiger charge is -2.05. The quantitative estimate of drug-likeness (QED) is 0.664. The predicted octanol–water partition coefficient (Wildman–Crippen LogP) is 4.24. The van der Waals surface area contributed by atoms with Gasteiger partial charge in [0.2, 0.25) is 0 Å². The highest BCUT2D eigenvalue weighted by Crippen LogP contribution is 2.18. The molecule has 0 radical (unpaired) electrons. The summed E-state index contributed by atoms with van der Waals surface area (Å²) in [5, 5.41) is 0. The fourth-order valence-electron chi connectivity index (χ4n) is 2.49. The number of aryl methyl sites for hydroxylation is 1. The van der Waals surface area contributed by atoms with E-state index in [1.54, 1.807) is 0 Å². The van der Waals surface area contributed by atoms with E-state index in [1.165, 1.54) is 0 Å². The third kappa shape index (κ3) is 2.76. The third-order valence-corrected chi connectivity index (χ3v) is 4.06. The van der Waals surface area contributed by atoms with Crippen molar-refractivity contribution in [2.24, 2.45) is 0 Å². The minimum atomic E-state index is 0.0903. The van der Waals surface area contributed by atoms with Crippen LogP contribution in [-0.2, 0) is 13.0 Å². The largest absolute Gasteiger partial charge is 0.328 e. The van der Waals surface area contributed by atoms with Crippen LogP contribution in [0.25, 0.3) is 11.0 Å². The van der Waals surface area contributed by atoms with Crippen LogP contribution in [0.5, 0.6) is 0 Å². The summed E-state index contributed by atoms with van der Waals surface area (Å²) < 4.78 is 3.08. The number of hydrogen-bond donors (Lipinski definition) is 0. The minimum absolute atomic E-state index is 0.0903. The zero-order chi connectivity index (χ0) is 14.8. The second-order valence-corrected chi connectivity index (χ2v) is 5.78. The normalized spacial score (nSPS) is 11.0. The first-order valence-electron chi connectivity index (χ1n) is 6.92. The Morgan fingerprint density at radius 2 is 1.86 bits per heavy atom. The van der Waals surface area contributed by atoms with E-state index < -0.39 is 0 Å². The van der Waals surface area contributed by atoms with Crippen LogP contribution in [0.15, 0.2) is 53.0 Å². The van der Waals surface area contributed by atoms with Gasteiger partial charge in [0.1, 0.15) is 5.82 Å². The molecule has 0 unspecified atom stereocenters. The van der Waals surface area contributed by atoms with Gasteiger partial charge in [-0.25, -0.2) is 4.98 Å². The van der Waals surface area contributed by atoms with Crippen LogP contribution in [0.2, 0.25) is 0 Å². The summed E-state index contributed by atoms with van der Waals surface area (Å²) in [5.74, 6) is 0.916. The van der Waals surface area contributed by atoms with Gasteiger partial charge < -0.3 is 4.57 Å². The molecule has 3 nitrogen and oxygen atoms in total. The van der Waals surface area contributed by atoms with Crippen molar-refractivity contribution >= 4 is 32.7 Å². The minimum Gasteiger partial charge on any atom is -0.328 e. The summed E-state index contributed by atoms with van der Waals surface area (Å²) in [6, 6.07) is 15.4. The van der Waals surface area contributed by atoms with E-state index >= 15 is 0 Å². The number of Topliss-reactive ketones (excluding diaryl/α,β-unsaturated/α-hetero) is 1. The molecule has 0 amide bonds. The van der Waals surface area contributed by atoms with Gasteiger partial charge in [-0.2, -0.15) is 0 Å². The first kappa shape index (κ1) is 14.0. The summed E-state index contributed by atoms with van der Waals surface area (Å²) in [7, 11) is 0. The van der Waals surface area contributed by atoms with E-state index in [2.05, 4.69) is 32.4 Å². The van der Waals surface area contributed by atoms with Crippen LogP contribution in [-0.4, -0.2) is 15.3 Å². The van der Waals surface area contributed by atoms with Gasteiger partial charge in [-0.05, 0) is 31.2 Å². The van der Waals surface area contributed by atoms with Crippen molar-refractivity contribution in [3.8, 4) is 0 Å². The second-order valence-electron chi connectivity index (χ2n) is 4.87. The Hall–Kier alpha value is -1.94. The fourth-order valence-corrected chi connectivity index (χ4v) is 2.76. The summed E-state index contributed by atoms with van der Waals surface area (Å²) in [6.45, 7) is 2.88. The Balaban J connectivity index is 1.94. The molecular weight excluding hydrogens is 328 g/mol. The van der Waals surface area contributed by atoms with Gasteiger partial charge in [0.15, 0.2) is 5.78 Å². The molecule has 21 heavy (non-hydrogen) atoms. The van der Waals surface area contributed by atoms with E-state index in [9.17, 15) is 4.79 Å². The standard InChI is InChI=1S/C17H15BrN2O/c1-2-20-15-6-4-3-5-14(15)19-17(20)11-16(21)12-7-9-13(18)10-8-12/h3-10H,2,11H2,1H3. The van der Waals surface area contributed by atoms with Crippen molar-refractivity contribution < 1.29 is 4.79 Å². The van der Waals surface area contributed by atoms with Crippen LogP contribution in [0.3, 0.4) is 0 Å². The SMILES string of the molecule is CCn1c(CC(=O)c2ccc(Br)cc2)nc2ccccc21. The van der Waals surface area contributed by atoms with Crippen molar-refractivity contribution in [3.63, 3.8) is 0 Å². The average molecular weight is 343 g/mol. The highest BCUT2D eigenvalue weighted by Gasteiger charge is 2.14. The Morgan fingerprint density at radius 3 is 2.57 bits per heavy atom. The Bertz CT molecular complexity index is 790. The number of carbonyl (C=O) groups excluding carboxylic acids is 1. The molecule has 0 saturated carbocycles. The van der Waals surface area contributed by atoms with Gasteiger partial charge in [0.05, 0.1) is 17.5 Å². The number of halogens is 1. The maximum absolute atomic E-state index is 12.4. The Morgan fingerprint density at radius 1 is 1.14 bits per heavy atom. The first-order valence-corrected chi connectivity index (χ1v) is 7.71. The summed E-state index contributed by atoms with van der Waals surface area (Å²) in [6.07, 6.45) is 0.324. The zero-order valence-corrected chi connectivity index (χ0v) is 13.3. The number of hydrogen-bond acceptors (Lipinski definition) is 2. The van der Waals surface area contributed by atoms with Crippen molar-refractivity contribution in [3.05, 3.63) is 64.4 Å². The number of rotatable bonds is 4. The molecule has 3 aromatic rings. The maximum Gasteiger partial charge on any atom is 0.170 e. The van der Waals surface area contributed by atoms with E-state index in [0.717, 1.165) is 27.9 Å². The second kappa shape index (κ2) is 5.82. The summed E-state index contributed by atoms with van der Waals surface area (Å²) >= 11 is 3.38. The van der Waals surface area contributed by atoms with Crippen LogP contribution >= 0.6 is 15.9 Å². The molecule has 2 aromatic carbocycles. The Labute approximate surface area is 131 Å². The van der Waals surface area contributed by atoms with Crippen molar-refractivity contribution in [2.75, 3.05) is 0 Å². The number of ketones is 1. The topological polar surface area (TPSA) is 34.9 Å². The molecule has 0 bridgehead atoms. The van der Waals surface area contributed by atoms with Gasteiger partial charge >= 0.3 is 0 Å². The highest BCUT2D eigenvalue weighted by molar-refractivity contribution is 9.10. The molecule has 0 N–H and O–H groups in total. The van der Waals surface area contributed by atoms with Gasteiger partial charge in [-0.15, -0.1) is 0 Å². The van der Waals surface area contributed by atoms with Crippen LogP contribution in [0.1, 0.15) is 23.1 Å². The summed E-state index contributed by atoms with van der Waals surface area (Å²) in [4.78, 5) is 17.0. The van der Waals surface area contributed by atoms with Gasteiger partial charge in [-0.1, -0.05) is 40.2 Å². The predicted molar refractivity (Wildman–Crippen MR) is 87.6 cm³/mol. The Kier molecular flexibility index (Phi) is 3.88. The van der Waals surface area contributed by atoms with E-state index in [0.29, 0.717) is 12.0 Å². The number of carbonyl (C=O) groups is 1. The lowest BCUT2D eigenvalue weighted by molar-refractivity contribution is 0.0990. The molecule has 0 aliphatic carbocycles. The molecule has 0 aliphatic heterocycles. The number of nitrogens with zero attached hydrogens (tertiary/aromatic N) is 2. The molecule has 0 atom stereocenters. The first-order chi connectivity index (χ1) is 10.2. The molecule has 106 valence electrons. The number of aromatic nitrogens is 2. The maximum atomic E-state index is 12.4. The van der Waals surface area contributed by atoms with Gasteiger partial charge in [-0.3, -0.25) is 4.79 Å². The number of imidazole rings is 1. The number of fused-ring (bicyclic) bond motifs is 1. The monoisotopic (exact) mass is 342 g/mol. The number of para-hydroxylation sites is 2. The van der Waals surface area contributed by atoms with Crippen molar-refractivity contribution in [1.29, 1.82) is 0 Å². The van der Waals surface area contributed by atoms with Crippen molar-refractivity contribution in [1.82, 2.24) is 9.55 Å². The van der Waals surface area contributed by atoms with Crippen LogP contribution < -0.4 is 0 Å². The summed E-state index contributed by atoms with van der Waals surface area (Å²) in [5.41, 5.74) is 2.74. The average Bonchev–Trinajstić information content (AvgIpc) is 2.84. The van der Waals surface area contributed by atoms with E-state index in [1.807, 2.05) is 48.5 Å². The molecule has 3 rings (SSSR count). The van der Waals surface area contributed by atoms with Crippen LogP contribution in [0, 0.1) is 0 Å². The number of benzene rings is 2. The molecule has 0 saturated heterocycles. The third-order valence-electron chi connectivity index (χ3n) is 3.53.